The van der Waals surface area contributed by atoms with E-state index >= 15 is 0 Å². The highest BCUT2D eigenvalue weighted by atomic mass is 79.9. The molecule has 4 heteroatoms. The Balaban J connectivity index is 2.07. The molecule has 118 valence electrons. The second-order valence-electron chi connectivity index (χ2n) is 7.54. The van der Waals surface area contributed by atoms with Crippen LogP contribution in [0, 0.1) is 0 Å². The highest BCUT2D eigenvalue weighted by molar-refractivity contribution is 9.10. The third-order valence-electron chi connectivity index (χ3n) is 4.84. The third kappa shape index (κ3) is 4.11. The molecule has 1 atom stereocenters. The first-order valence-electron chi connectivity index (χ1n) is 7.88. The molecule has 1 heterocycles. The van der Waals surface area contributed by atoms with E-state index in [-0.39, 0.29) is 5.04 Å². The van der Waals surface area contributed by atoms with E-state index in [9.17, 15) is 0 Å². The van der Waals surface area contributed by atoms with Crippen LogP contribution in [-0.2, 0) is 4.43 Å². The van der Waals surface area contributed by atoms with E-state index in [4.69, 9.17) is 4.43 Å². The number of rotatable bonds is 3. The maximum Gasteiger partial charge on any atom is 0.192 e. The van der Waals surface area contributed by atoms with Crippen LogP contribution in [-0.4, -0.2) is 27.5 Å². The molecule has 0 amide bonds. The fourth-order valence-corrected chi connectivity index (χ4v) is 4.47. The molecular formula is C17H28BrNOSi. The number of nitrogens with zero attached hydrogens (tertiary/aromatic N) is 1. The maximum absolute atomic E-state index is 6.62. The van der Waals surface area contributed by atoms with Gasteiger partial charge in [0, 0.05) is 17.6 Å². The number of halogens is 1. The molecule has 0 aromatic heterocycles. The molecule has 1 aromatic carbocycles. The van der Waals surface area contributed by atoms with Crippen LogP contribution in [0.15, 0.2) is 28.7 Å². The Bertz CT molecular complexity index is 484. The van der Waals surface area contributed by atoms with E-state index < -0.39 is 8.32 Å². The van der Waals surface area contributed by atoms with Gasteiger partial charge in [0.2, 0.25) is 0 Å². The lowest BCUT2D eigenvalue weighted by Crippen LogP contribution is -2.49. The summed E-state index contributed by atoms with van der Waals surface area (Å²) in [4.78, 5) is 2.46. The number of anilines is 1. The lowest BCUT2D eigenvalue weighted by molar-refractivity contribution is 0.160. The maximum atomic E-state index is 6.62. The van der Waals surface area contributed by atoms with Crippen molar-refractivity contribution in [2.24, 2.45) is 0 Å². The fraction of sp³-hybridized carbons (Fsp3) is 0.647. The number of piperidine rings is 1. The molecule has 1 fully saturated rings. The van der Waals surface area contributed by atoms with Crippen LogP contribution in [0.2, 0.25) is 18.1 Å². The normalized spacial score (nSPS) is 20.7. The van der Waals surface area contributed by atoms with Crippen molar-refractivity contribution in [1.29, 1.82) is 0 Å². The van der Waals surface area contributed by atoms with Crippen LogP contribution < -0.4 is 4.90 Å². The summed E-state index contributed by atoms with van der Waals surface area (Å²) in [6.45, 7) is 13.8. The summed E-state index contributed by atoms with van der Waals surface area (Å²) in [5, 5.41) is 0.280. The summed E-state index contributed by atoms with van der Waals surface area (Å²) in [7, 11) is -1.67. The highest BCUT2D eigenvalue weighted by Gasteiger charge is 2.39. The standard InChI is InChI=1S/C17H28BrNOSi/c1-17(2,3)21(4,5)20-14-9-8-12-19(13-14)16-11-7-6-10-15(16)18/h6-7,10-11,14H,8-9,12-13H2,1-5H3/t14-/m0/s1. The van der Waals surface area contributed by atoms with Crippen LogP contribution in [0.25, 0.3) is 0 Å². The van der Waals surface area contributed by atoms with Crippen LogP contribution in [0.4, 0.5) is 5.69 Å². The van der Waals surface area contributed by atoms with Crippen LogP contribution in [0.5, 0.6) is 0 Å². The Morgan fingerprint density at radius 3 is 2.52 bits per heavy atom. The summed E-state index contributed by atoms with van der Waals surface area (Å²) in [5.41, 5.74) is 1.29. The Morgan fingerprint density at radius 1 is 1.24 bits per heavy atom. The van der Waals surface area contributed by atoms with E-state index in [1.54, 1.807) is 0 Å². The van der Waals surface area contributed by atoms with E-state index in [0.29, 0.717) is 6.10 Å². The molecule has 0 aliphatic carbocycles. The van der Waals surface area contributed by atoms with Crippen molar-refractivity contribution in [2.75, 3.05) is 18.0 Å². The second-order valence-corrected chi connectivity index (χ2v) is 13.2. The van der Waals surface area contributed by atoms with Gasteiger partial charge in [-0.1, -0.05) is 32.9 Å². The molecule has 0 N–H and O–H groups in total. The minimum Gasteiger partial charge on any atom is -0.412 e. The molecule has 2 rings (SSSR count). The van der Waals surface area contributed by atoms with Gasteiger partial charge in [-0.2, -0.15) is 0 Å². The molecule has 1 saturated heterocycles. The van der Waals surface area contributed by atoms with Gasteiger partial charge in [0.1, 0.15) is 0 Å². The number of hydrogen-bond donors (Lipinski definition) is 0. The van der Waals surface area contributed by atoms with E-state index in [1.165, 1.54) is 23.0 Å². The van der Waals surface area contributed by atoms with Crippen LogP contribution in [0.3, 0.4) is 0 Å². The highest BCUT2D eigenvalue weighted by Crippen LogP contribution is 2.38. The van der Waals surface area contributed by atoms with E-state index in [0.717, 1.165) is 13.1 Å². The van der Waals surface area contributed by atoms with Gasteiger partial charge in [-0.15, -0.1) is 0 Å². The topological polar surface area (TPSA) is 12.5 Å². The van der Waals surface area contributed by atoms with Crippen molar-refractivity contribution in [2.45, 2.75) is 57.8 Å². The zero-order valence-corrected chi connectivity index (χ0v) is 16.5. The van der Waals surface area contributed by atoms with E-state index in [2.05, 4.69) is 79.0 Å². The molecule has 2 nitrogen and oxygen atoms in total. The molecule has 0 radical (unpaired) electrons. The van der Waals surface area contributed by atoms with Gasteiger partial charge in [0.25, 0.3) is 0 Å². The van der Waals surface area contributed by atoms with Gasteiger partial charge < -0.3 is 9.33 Å². The molecule has 0 bridgehead atoms. The van der Waals surface area contributed by atoms with Gasteiger partial charge in [0.15, 0.2) is 8.32 Å². The lowest BCUT2D eigenvalue weighted by Gasteiger charge is -2.43. The third-order valence-corrected chi connectivity index (χ3v) is 10.0. The van der Waals surface area contributed by atoms with Crippen LogP contribution >= 0.6 is 15.9 Å². The summed E-state index contributed by atoms with van der Waals surface area (Å²) < 4.78 is 7.80. The first kappa shape index (κ1) is 17.0. The average Bonchev–Trinajstić information content (AvgIpc) is 2.37. The molecule has 1 aromatic rings. The Hall–Kier alpha value is -0.323. The first-order valence-corrected chi connectivity index (χ1v) is 11.6. The predicted octanol–water partition coefficient (Wildman–Crippen LogP) is 5.44. The Kier molecular flexibility index (Phi) is 5.22. The Morgan fingerprint density at radius 2 is 1.90 bits per heavy atom. The molecule has 0 saturated carbocycles. The van der Waals surface area contributed by atoms with Gasteiger partial charge in [-0.05, 0) is 59.0 Å². The van der Waals surface area contributed by atoms with Gasteiger partial charge in [-0.25, -0.2) is 0 Å². The average molecular weight is 370 g/mol. The van der Waals surface area contributed by atoms with Gasteiger partial charge in [0.05, 0.1) is 11.8 Å². The minimum atomic E-state index is -1.67. The van der Waals surface area contributed by atoms with E-state index in [1.807, 2.05) is 0 Å². The molecule has 1 aliphatic rings. The quantitative estimate of drug-likeness (QED) is 0.657. The van der Waals surface area contributed by atoms with Crippen molar-refractivity contribution < 1.29 is 4.43 Å². The summed E-state index contributed by atoms with van der Waals surface area (Å²) in [6, 6.07) is 8.49. The number of para-hydroxylation sites is 1. The zero-order valence-electron chi connectivity index (χ0n) is 13.9. The van der Waals surface area contributed by atoms with Crippen molar-refractivity contribution in [3.8, 4) is 0 Å². The molecule has 0 spiro atoms. The van der Waals surface area contributed by atoms with Crippen molar-refractivity contribution in [1.82, 2.24) is 0 Å². The van der Waals surface area contributed by atoms with Crippen molar-refractivity contribution >= 4 is 29.9 Å². The zero-order chi connectivity index (χ0) is 15.7. The van der Waals surface area contributed by atoms with Crippen LogP contribution in [0.1, 0.15) is 33.6 Å². The summed E-state index contributed by atoms with van der Waals surface area (Å²) in [5.74, 6) is 0. The largest absolute Gasteiger partial charge is 0.412 e. The summed E-state index contributed by atoms with van der Waals surface area (Å²) >= 11 is 3.67. The van der Waals surface area contributed by atoms with Crippen molar-refractivity contribution in [3.63, 3.8) is 0 Å². The van der Waals surface area contributed by atoms with Crippen molar-refractivity contribution in [3.05, 3.63) is 28.7 Å². The SMILES string of the molecule is CC(C)(C)[Si](C)(C)O[C@H]1CCCN(c2ccccc2Br)C1. The Labute approximate surface area is 139 Å². The molecule has 21 heavy (non-hydrogen) atoms. The monoisotopic (exact) mass is 369 g/mol. The second kappa shape index (κ2) is 6.43. The molecular weight excluding hydrogens is 342 g/mol. The number of hydrogen-bond acceptors (Lipinski definition) is 2. The smallest absolute Gasteiger partial charge is 0.192 e. The summed E-state index contributed by atoms with van der Waals surface area (Å²) in [6.07, 6.45) is 2.76. The fourth-order valence-electron chi connectivity index (χ4n) is 2.55. The predicted molar refractivity (Wildman–Crippen MR) is 97.7 cm³/mol. The van der Waals surface area contributed by atoms with Gasteiger partial charge in [-0.3, -0.25) is 0 Å². The molecule has 0 unspecified atom stereocenters. The molecule has 1 aliphatic heterocycles. The minimum absolute atomic E-state index is 0.280. The lowest BCUT2D eigenvalue weighted by atomic mass is 10.1. The number of benzene rings is 1. The van der Waals surface area contributed by atoms with Gasteiger partial charge >= 0.3 is 0 Å². The first-order chi connectivity index (χ1) is 9.71.